The minimum Gasteiger partial charge on any atom is -0.457 e. The molecule has 0 bridgehead atoms. The molecule has 0 fully saturated rings. The van der Waals surface area contributed by atoms with E-state index in [2.05, 4.69) is 20.8 Å². The molecule has 0 atom stereocenters. The predicted molar refractivity (Wildman–Crippen MR) is 66.5 cm³/mol. The maximum absolute atomic E-state index is 11.9. The van der Waals surface area contributed by atoms with Crippen LogP contribution in [0.1, 0.15) is 16.8 Å². The van der Waals surface area contributed by atoms with E-state index in [0.29, 0.717) is 10.2 Å². The molecule has 0 N–H and O–H groups in total. The highest BCUT2D eigenvalue weighted by molar-refractivity contribution is 9.10. The zero-order valence-corrected chi connectivity index (χ0v) is 11.5. The van der Waals surface area contributed by atoms with Gasteiger partial charge in [0, 0.05) is 13.6 Å². The standard InChI is InChI=1S/C11H17BrN2O2/c1-13(2)6-4-7-14(3)11(15)9-5-8-16-10(9)12/h5,8H,4,6-7H2,1-3H3. The molecule has 0 radical (unpaired) electrons. The van der Waals surface area contributed by atoms with E-state index >= 15 is 0 Å². The Morgan fingerprint density at radius 1 is 1.38 bits per heavy atom. The van der Waals surface area contributed by atoms with Crippen LogP contribution in [0.2, 0.25) is 0 Å². The largest absolute Gasteiger partial charge is 0.457 e. The molecule has 0 spiro atoms. The number of rotatable bonds is 5. The third-order valence-corrected chi connectivity index (χ3v) is 2.91. The van der Waals surface area contributed by atoms with Gasteiger partial charge in [-0.3, -0.25) is 4.79 Å². The van der Waals surface area contributed by atoms with Crippen molar-refractivity contribution in [3.63, 3.8) is 0 Å². The van der Waals surface area contributed by atoms with Gasteiger partial charge in [0.1, 0.15) is 0 Å². The van der Waals surface area contributed by atoms with Crippen LogP contribution >= 0.6 is 15.9 Å². The number of nitrogens with zero attached hydrogens (tertiary/aromatic N) is 2. The lowest BCUT2D eigenvalue weighted by Crippen LogP contribution is -2.29. The van der Waals surface area contributed by atoms with Crippen molar-refractivity contribution in [2.45, 2.75) is 6.42 Å². The van der Waals surface area contributed by atoms with Crippen LogP contribution in [-0.2, 0) is 0 Å². The Hall–Kier alpha value is -0.810. The third kappa shape index (κ3) is 3.64. The zero-order chi connectivity index (χ0) is 12.1. The van der Waals surface area contributed by atoms with Gasteiger partial charge in [0.2, 0.25) is 0 Å². The van der Waals surface area contributed by atoms with Gasteiger partial charge >= 0.3 is 0 Å². The summed E-state index contributed by atoms with van der Waals surface area (Å²) in [5, 5.41) is 0. The Balaban J connectivity index is 2.46. The second kappa shape index (κ2) is 6.06. The van der Waals surface area contributed by atoms with Crippen molar-refractivity contribution in [2.24, 2.45) is 0 Å². The van der Waals surface area contributed by atoms with Gasteiger partial charge in [-0.1, -0.05) is 0 Å². The second-order valence-electron chi connectivity index (χ2n) is 3.99. The molecule has 1 aromatic heterocycles. The van der Waals surface area contributed by atoms with E-state index in [1.165, 1.54) is 6.26 Å². The molecule has 1 amide bonds. The number of carbonyl (C=O) groups excluding carboxylic acids is 1. The Bertz CT molecular complexity index is 350. The van der Waals surface area contributed by atoms with E-state index < -0.39 is 0 Å². The van der Waals surface area contributed by atoms with Gasteiger partial charge in [-0.25, -0.2) is 0 Å². The zero-order valence-electron chi connectivity index (χ0n) is 9.86. The number of amides is 1. The molecule has 0 aliphatic carbocycles. The monoisotopic (exact) mass is 288 g/mol. The molecule has 0 aromatic carbocycles. The summed E-state index contributed by atoms with van der Waals surface area (Å²) in [5.41, 5.74) is 0.576. The fourth-order valence-corrected chi connectivity index (χ4v) is 1.79. The molecule has 16 heavy (non-hydrogen) atoms. The molecule has 5 heteroatoms. The number of furan rings is 1. The molecule has 1 heterocycles. The fraction of sp³-hybridized carbons (Fsp3) is 0.545. The summed E-state index contributed by atoms with van der Waals surface area (Å²) < 4.78 is 5.54. The number of hydrogen-bond donors (Lipinski definition) is 0. The van der Waals surface area contributed by atoms with Gasteiger partial charge in [0.15, 0.2) is 4.67 Å². The molecular formula is C11H17BrN2O2. The molecule has 90 valence electrons. The Morgan fingerprint density at radius 2 is 2.06 bits per heavy atom. The third-order valence-electron chi connectivity index (χ3n) is 2.29. The van der Waals surface area contributed by atoms with E-state index in [1.54, 1.807) is 18.0 Å². The van der Waals surface area contributed by atoms with Gasteiger partial charge in [-0.15, -0.1) is 0 Å². The first-order valence-electron chi connectivity index (χ1n) is 5.15. The first-order valence-corrected chi connectivity index (χ1v) is 5.95. The highest BCUT2D eigenvalue weighted by Crippen LogP contribution is 2.18. The highest BCUT2D eigenvalue weighted by atomic mass is 79.9. The summed E-state index contributed by atoms with van der Waals surface area (Å²) in [7, 11) is 5.85. The van der Waals surface area contributed by atoms with Gasteiger partial charge in [-0.2, -0.15) is 0 Å². The summed E-state index contributed by atoms with van der Waals surface area (Å²) in [6.45, 7) is 1.72. The van der Waals surface area contributed by atoms with E-state index in [-0.39, 0.29) is 5.91 Å². The summed E-state index contributed by atoms with van der Waals surface area (Å²) in [6, 6.07) is 1.68. The highest BCUT2D eigenvalue weighted by Gasteiger charge is 2.16. The van der Waals surface area contributed by atoms with Crippen molar-refractivity contribution >= 4 is 21.8 Å². The average molecular weight is 289 g/mol. The molecule has 1 aromatic rings. The van der Waals surface area contributed by atoms with Crippen molar-refractivity contribution in [2.75, 3.05) is 34.2 Å². The van der Waals surface area contributed by atoms with Gasteiger partial charge in [0.25, 0.3) is 5.91 Å². The van der Waals surface area contributed by atoms with E-state index in [4.69, 9.17) is 4.42 Å². The van der Waals surface area contributed by atoms with Gasteiger partial charge in [0.05, 0.1) is 11.8 Å². The Morgan fingerprint density at radius 3 is 2.56 bits per heavy atom. The van der Waals surface area contributed by atoms with Crippen molar-refractivity contribution in [3.05, 3.63) is 22.6 Å². The summed E-state index contributed by atoms with van der Waals surface area (Å²) in [4.78, 5) is 15.7. The lowest BCUT2D eigenvalue weighted by molar-refractivity contribution is 0.0788. The lowest BCUT2D eigenvalue weighted by Gasteiger charge is -2.17. The Kier molecular flexibility index (Phi) is 5.02. The van der Waals surface area contributed by atoms with E-state index in [1.807, 2.05) is 14.1 Å². The maximum atomic E-state index is 11.9. The van der Waals surface area contributed by atoms with Crippen molar-refractivity contribution in [3.8, 4) is 0 Å². The molecule has 0 aliphatic rings. The predicted octanol–water partition coefficient (Wildman–Crippen LogP) is 2.07. The normalized spacial score (nSPS) is 10.8. The average Bonchev–Trinajstić information content (AvgIpc) is 2.62. The molecular weight excluding hydrogens is 272 g/mol. The maximum Gasteiger partial charge on any atom is 0.258 e. The number of hydrogen-bond acceptors (Lipinski definition) is 3. The summed E-state index contributed by atoms with van der Waals surface area (Å²) in [6.07, 6.45) is 2.47. The molecule has 0 aliphatic heterocycles. The number of carbonyl (C=O) groups is 1. The quantitative estimate of drug-likeness (QED) is 0.832. The molecule has 0 unspecified atom stereocenters. The van der Waals surface area contributed by atoms with Crippen LogP contribution in [0.5, 0.6) is 0 Å². The second-order valence-corrected chi connectivity index (χ2v) is 4.71. The SMILES string of the molecule is CN(C)CCCN(C)C(=O)c1ccoc1Br. The first kappa shape index (κ1) is 13.3. The first-order chi connectivity index (χ1) is 7.52. The van der Waals surface area contributed by atoms with Crippen LogP contribution in [0.15, 0.2) is 21.4 Å². The summed E-state index contributed by atoms with van der Waals surface area (Å²) >= 11 is 3.20. The molecule has 4 nitrogen and oxygen atoms in total. The van der Waals surface area contributed by atoms with Crippen molar-refractivity contribution < 1.29 is 9.21 Å². The minimum absolute atomic E-state index is 0.0145. The molecule has 0 saturated heterocycles. The van der Waals surface area contributed by atoms with Crippen LogP contribution in [-0.4, -0.2) is 49.9 Å². The topological polar surface area (TPSA) is 36.7 Å². The van der Waals surface area contributed by atoms with E-state index in [9.17, 15) is 4.79 Å². The van der Waals surface area contributed by atoms with Gasteiger partial charge < -0.3 is 14.2 Å². The fourth-order valence-electron chi connectivity index (χ4n) is 1.38. The van der Waals surface area contributed by atoms with Crippen LogP contribution in [0.4, 0.5) is 0 Å². The molecule has 0 saturated carbocycles. The lowest BCUT2D eigenvalue weighted by atomic mass is 10.3. The van der Waals surface area contributed by atoms with Crippen molar-refractivity contribution in [1.29, 1.82) is 0 Å². The van der Waals surface area contributed by atoms with Crippen molar-refractivity contribution in [1.82, 2.24) is 9.80 Å². The van der Waals surface area contributed by atoms with E-state index in [0.717, 1.165) is 19.5 Å². The van der Waals surface area contributed by atoms with Gasteiger partial charge in [-0.05, 0) is 49.1 Å². The van der Waals surface area contributed by atoms with Crippen LogP contribution in [0.25, 0.3) is 0 Å². The number of halogens is 1. The molecule has 1 rings (SSSR count). The van der Waals surface area contributed by atoms with Crippen LogP contribution in [0, 0.1) is 0 Å². The van der Waals surface area contributed by atoms with Crippen LogP contribution in [0.3, 0.4) is 0 Å². The smallest absolute Gasteiger partial charge is 0.258 e. The Labute approximate surface area is 104 Å². The van der Waals surface area contributed by atoms with Crippen LogP contribution < -0.4 is 0 Å². The minimum atomic E-state index is -0.0145. The summed E-state index contributed by atoms with van der Waals surface area (Å²) in [5.74, 6) is -0.0145.